The van der Waals surface area contributed by atoms with E-state index in [-0.39, 0.29) is 17.7 Å². The highest BCUT2D eigenvalue weighted by Gasteiger charge is 2.29. The van der Waals surface area contributed by atoms with Crippen molar-refractivity contribution in [3.8, 4) is 0 Å². The first-order valence-corrected chi connectivity index (χ1v) is 6.23. The van der Waals surface area contributed by atoms with Crippen molar-refractivity contribution in [2.75, 3.05) is 7.11 Å². The van der Waals surface area contributed by atoms with E-state index in [4.69, 9.17) is 25.4 Å². The summed E-state index contributed by atoms with van der Waals surface area (Å²) in [6, 6.07) is 6.34. The molecule has 0 amide bonds. The van der Waals surface area contributed by atoms with E-state index in [1.165, 1.54) is 7.11 Å². The van der Waals surface area contributed by atoms with Crippen LogP contribution in [0.2, 0.25) is 0 Å². The molecule has 0 spiro atoms. The fraction of sp³-hybridized carbons (Fsp3) is 0.357. The smallest absolute Gasteiger partial charge is 0.337 e. The quantitative estimate of drug-likeness (QED) is 0.566. The topological polar surface area (TPSA) is 103 Å². The molecule has 6 heteroatoms. The number of aliphatic carboxylic acids is 1. The molecule has 0 aromatic heterocycles. The van der Waals surface area contributed by atoms with Crippen LogP contribution >= 0.6 is 0 Å². The summed E-state index contributed by atoms with van der Waals surface area (Å²) in [5, 5.41) is 24.4. The lowest BCUT2D eigenvalue weighted by Crippen LogP contribution is -2.15. The molecule has 3 N–H and O–H groups in total. The monoisotopic (exact) mass is 276 g/mol. The summed E-state index contributed by atoms with van der Waals surface area (Å²) in [4.78, 5) is 11.0. The second-order valence-electron chi connectivity index (χ2n) is 4.65. The summed E-state index contributed by atoms with van der Waals surface area (Å²) in [6.45, 7) is 0. The molecule has 0 saturated heterocycles. The predicted octanol–water partition coefficient (Wildman–Crippen LogP) is 2.19. The molecule has 1 aromatic carbocycles. The minimum absolute atomic E-state index is 0.0993. The SMILES string of the molecule is COC(C(=O)O)c1ccc(C(=N)OC(=N)C2CC2)cc1. The van der Waals surface area contributed by atoms with Gasteiger partial charge in [-0.25, -0.2) is 4.79 Å². The molecule has 1 aromatic rings. The number of hydrogen-bond donors (Lipinski definition) is 3. The maximum atomic E-state index is 11.0. The first kappa shape index (κ1) is 14.2. The predicted molar refractivity (Wildman–Crippen MR) is 72.2 cm³/mol. The average molecular weight is 276 g/mol. The Kier molecular flexibility index (Phi) is 4.14. The summed E-state index contributed by atoms with van der Waals surface area (Å²) >= 11 is 0. The third kappa shape index (κ3) is 3.21. The lowest BCUT2D eigenvalue weighted by Gasteiger charge is -2.12. The van der Waals surface area contributed by atoms with Gasteiger partial charge in [-0.1, -0.05) is 12.1 Å². The lowest BCUT2D eigenvalue weighted by atomic mass is 10.1. The fourth-order valence-corrected chi connectivity index (χ4v) is 1.79. The molecule has 1 unspecified atom stereocenters. The number of benzene rings is 1. The summed E-state index contributed by atoms with van der Waals surface area (Å²) in [5.74, 6) is -0.890. The molecule has 1 aliphatic carbocycles. The Balaban J connectivity index is 2.05. The second kappa shape index (κ2) is 5.83. The van der Waals surface area contributed by atoms with Crippen LogP contribution in [0, 0.1) is 16.7 Å². The second-order valence-corrected chi connectivity index (χ2v) is 4.65. The van der Waals surface area contributed by atoms with Crippen LogP contribution in [-0.2, 0) is 14.3 Å². The van der Waals surface area contributed by atoms with Gasteiger partial charge in [-0.15, -0.1) is 0 Å². The van der Waals surface area contributed by atoms with Gasteiger partial charge in [0.1, 0.15) is 0 Å². The van der Waals surface area contributed by atoms with Crippen LogP contribution in [0.3, 0.4) is 0 Å². The van der Waals surface area contributed by atoms with Gasteiger partial charge in [0.25, 0.3) is 0 Å². The van der Waals surface area contributed by atoms with Crippen LogP contribution in [0.25, 0.3) is 0 Å². The van der Waals surface area contributed by atoms with E-state index in [0.717, 1.165) is 12.8 Å². The van der Waals surface area contributed by atoms with Crippen molar-refractivity contribution >= 4 is 17.8 Å². The van der Waals surface area contributed by atoms with Crippen LogP contribution < -0.4 is 0 Å². The number of carbonyl (C=O) groups is 1. The first-order valence-electron chi connectivity index (χ1n) is 6.23. The number of rotatable bonds is 5. The zero-order chi connectivity index (χ0) is 14.7. The van der Waals surface area contributed by atoms with Crippen molar-refractivity contribution in [3.05, 3.63) is 35.4 Å². The number of methoxy groups -OCH3 is 1. The molecular formula is C14H16N2O4. The van der Waals surface area contributed by atoms with Crippen LogP contribution in [0.15, 0.2) is 24.3 Å². The number of ether oxygens (including phenoxy) is 2. The standard InChI is InChI=1S/C14H16N2O4/c1-19-11(14(17)18)8-2-4-9(5-3-8)12(15)20-13(16)10-6-7-10/h2-5,10-11,15-16H,6-7H2,1H3,(H,17,18). The molecular weight excluding hydrogens is 260 g/mol. The molecule has 0 heterocycles. The third-order valence-electron chi connectivity index (χ3n) is 3.10. The Morgan fingerprint density at radius 3 is 2.35 bits per heavy atom. The van der Waals surface area contributed by atoms with Crippen LogP contribution in [0.4, 0.5) is 0 Å². The fourth-order valence-electron chi connectivity index (χ4n) is 1.79. The molecule has 20 heavy (non-hydrogen) atoms. The van der Waals surface area contributed by atoms with E-state index in [2.05, 4.69) is 0 Å². The Bertz CT molecular complexity index is 535. The van der Waals surface area contributed by atoms with Crippen molar-refractivity contribution < 1.29 is 19.4 Å². The van der Waals surface area contributed by atoms with Crippen molar-refractivity contribution in [1.29, 1.82) is 10.8 Å². The molecule has 2 rings (SSSR count). The van der Waals surface area contributed by atoms with Crippen molar-refractivity contribution in [2.24, 2.45) is 5.92 Å². The minimum atomic E-state index is -1.07. The van der Waals surface area contributed by atoms with Crippen LogP contribution in [0.1, 0.15) is 30.1 Å². The molecule has 1 fully saturated rings. The highest BCUT2D eigenvalue weighted by atomic mass is 16.5. The van der Waals surface area contributed by atoms with Gasteiger partial charge in [0.15, 0.2) is 12.0 Å². The largest absolute Gasteiger partial charge is 0.479 e. The van der Waals surface area contributed by atoms with Gasteiger partial charge in [0.2, 0.25) is 5.90 Å². The number of hydrogen-bond acceptors (Lipinski definition) is 5. The number of nitrogens with one attached hydrogen (secondary N) is 2. The van der Waals surface area contributed by atoms with Gasteiger partial charge < -0.3 is 14.6 Å². The van der Waals surface area contributed by atoms with Gasteiger partial charge in [0.05, 0.1) is 0 Å². The van der Waals surface area contributed by atoms with E-state index in [1.807, 2.05) is 0 Å². The molecule has 0 aliphatic heterocycles. The van der Waals surface area contributed by atoms with Gasteiger partial charge in [0, 0.05) is 18.6 Å². The van der Waals surface area contributed by atoms with Gasteiger partial charge >= 0.3 is 5.97 Å². The Morgan fingerprint density at radius 2 is 1.90 bits per heavy atom. The Morgan fingerprint density at radius 1 is 1.30 bits per heavy atom. The van der Waals surface area contributed by atoms with Gasteiger partial charge in [-0.3, -0.25) is 10.8 Å². The lowest BCUT2D eigenvalue weighted by molar-refractivity contribution is -0.148. The minimum Gasteiger partial charge on any atom is -0.479 e. The van der Waals surface area contributed by atoms with E-state index in [0.29, 0.717) is 11.1 Å². The molecule has 1 aliphatic rings. The molecule has 106 valence electrons. The van der Waals surface area contributed by atoms with Gasteiger partial charge in [-0.2, -0.15) is 0 Å². The van der Waals surface area contributed by atoms with Crippen molar-refractivity contribution in [3.63, 3.8) is 0 Å². The molecule has 1 saturated carbocycles. The third-order valence-corrected chi connectivity index (χ3v) is 3.10. The molecule has 6 nitrogen and oxygen atoms in total. The zero-order valence-electron chi connectivity index (χ0n) is 11.1. The zero-order valence-corrected chi connectivity index (χ0v) is 11.1. The van der Waals surface area contributed by atoms with Crippen LogP contribution in [-0.4, -0.2) is 30.0 Å². The summed E-state index contributed by atoms with van der Waals surface area (Å²) < 4.78 is 10.0. The molecule has 0 radical (unpaired) electrons. The molecule has 1 atom stereocenters. The van der Waals surface area contributed by atoms with E-state index < -0.39 is 12.1 Å². The van der Waals surface area contributed by atoms with Crippen molar-refractivity contribution in [2.45, 2.75) is 18.9 Å². The van der Waals surface area contributed by atoms with E-state index in [9.17, 15) is 4.79 Å². The normalized spacial score (nSPS) is 15.4. The summed E-state index contributed by atoms with van der Waals surface area (Å²) in [5.41, 5.74) is 0.994. The maximum absolute atomic E-state index is 11.0. The Hall–Kier alpha value is -2.21. The summed E-state index contributed by atoms with van der Waals surface area (Å²) in [7, 11) is 1.33. The number of carboxylic acid groups (broad SMARTS) is 1. The maximum Gasteiger partial charge on any atom is 0.337 e. The molecule has 0 bridgehead atoms. The van der Waals surface area contributed by atoms with E-state index >= 15 is 0 Å². The van der Waals surface area contributed by atoms with Gasteiger partial charge in [-0.05, 0) is 30.5 Å². The highest BCUT2D eigenvalue weighted by molar-refractivity contribution is 6.00. The highest BCUT2D eigenvalue weighted by Crippen LogP contribution is 2.30. The first-order chi connectivity index (χ1) is 9.52. The van der Waals surface area contributed by atoms with Crippen LogP contribution in [0.5, 0.6) is 0 Å². The number of carboxylic acids is 1. The van der Waals surface area contributed by atoms with E-state index in [1.54, 1.807) is 24.3 Å². The average Bonchev–Trinajstić information content (AvgIpc) is 3.24. The summed E-state index contributed by atoms with van der Waals surface area (Å²) in [6.07, 6.45) is 0.863. The Labute approximate surface area is 116 Å². The van der Waals surface area contributed by atoms with Crippen molar-refractivity contribution in [1.82, 2.24) is 0 Å².